The topological polar surface area (TPSA) is 82.3 Å². The lowest BCUT2D eigenvalue weighted by Crippen LogP contribution is -2.33. The number of hydrogen-bond acceptors (Lipinski definition) is 3. The van der Waals surface area contributed by atoms with Crippen molar-refractivity contribution in [3.05, 3.63) is 102 Å². The molecule has 1 atom stereocenters. The van der Waals surface area contributed by atoms with E-state index in [1.807, 2.05) is 56.4 Å². The molecule has 34 heavy (non-hydrogen) atoms. The van der Waals surface area contributed by atoms with E-state index in [0.717, 1.165) is 22.0 Å². The molecule has 0 aliphatic rings. The Labute approximate surface area is 200 Å². The molecule has 0 saturated carbocycles. The highest BCUT2D eigenvalue weighted by Gasteiger charge is 2.24. The first-order chi connectivity index (χ1) is 16.3. The molecular weight excluding hydrogens is 446 g/mol. The second kappa shape index (κ2) is 9.83. The molecule has 1 heterocycles. The van der Waals surface area contributed by atoms with Gasteiger partial charge in [-0.05, 0) is 55.3 Å². The van der Waals surface area contributed by atoms with Gasteiger partial charge in [0.2, 0.25) is 10.0 Å². The maximum absolute atomic E-state index is 12.9. The van der Waals surface area contributed by atoms with Crippen molar-refractivity contribution in [1.29, 1.82) is 0 Å². The number of aromatic nitrogens is 1. The zero-order valence-electron chi connectivity index (χ0n) is 19.5. The van der Waals surface area contributed by atoms with E-state index in [2.05, 4.69) is 28.5 Å². The Kier molecular flexibility index (Phi) is 6.86. The number of aromatic amines is 1. The van der Waals surface area contributed by atoms with Crippen molar-refractivity contribution in [1.82, 2.24) is 14.6 Å². The van der Waals surface area contributed by atoms with E-state index in [-0.39, 0.29) is 22.8 Å². The Hall–Kier alpha value is -3.42. The molecule has 7 heteroatoms. The van der Waals surface area contributed by atoms with Gasteiger partial charge >= 0.3 is 0 Å². The van der Waals surface area contributed by atoms with E-state index in [1.54, 1.807) is 19.2 Å². The lowest BCUT2D eigenvalue weighted by atomic mass is 9.91. The molecule has 176 valence electrons. The predicted molar refractivity (Wildman–Crippen MR) is 135 cm³/mol. The van der Waals surface area contributed by atoms with Crippen LogP contribution in [-0.4, -0.2) is 43.2 Å². The van der Waals surface area contributed by atoms with Crippen LogP contribution in [0.4, 0.5) is 0 Å². The number of benzene rings is 3. The minimum Gasteiger partial charge on any atom is -0.361 e. The number of nitrogens with zero attached hydrogens (tertiary/aromatic N) is 1. The maximum atomic E-state index is 12.9. The number of para-hydroxylation sites is 1. The molecule has 0 aliphatic carbocycles. The summed E-state index contributed by atoms with van der Waals surface area (Å²) >= 11 is 0. The fraction of sp³-hybridized carbons (Fsp3) is 0.222. The summed E-state index contributed by atoms with van der Waals surface area (Å²) in [5, 5.41) is 4.16. The van der Waals surface area contributed by atoms with Crippen molar-refractivity contribution in [2.24, 2.45) is 0 Å². The standard InChI is InChI=1S/C27H29N3O3S/c1-19(2)30(3)34(32,33)22-15-13-21(14-16-22)27(31)29-17-24(20-9-5-4-6-10-20)25-18-28-26-12-8-7-11-23(25)26/h4-16,18-19,24,28H,17H2,1-3H3,(H,29,31). The number of fused-ring (bicyclic) bond motifs is 1. The number of carbonyl (C=O) groups is 1. The Bertz CT molecular complexity index is 1380. The monoisotopic (exact) mass is 475 g/mol. The second-order valence-electron chi connectivity index (χ2n) is 8.60. The van der Waals surface area contributed by atoms with Crippen molar-refractivity contribution < 1.29 is 13.2 Å². The van der Waals surface area contributed by atoms with Crippen LogP contribution >= 0.6 is 0 Å². The molecule has 0 bridgehead atoms. The number of hydrogen-bond donors (Lipinski definition) is 2. The third-order valence-electron chi connectivity index (χ3n) is 6.19. The molecule has 2 N–H and O–H groups in total. The van der Waals surface area contributed by atoms with E-state index in [4.69, 9.17) is 0 Å². The van der Waals surface area contributed by atoms with Gasteiger partial charge < -0.3 is 10.3 Å². The number of nitrogens with one attached hydrogen (secondary N) is 2. The average Bonchev–Trinajstić information content (AvgIpc) is 3.28. The molecule has 4 aromatic rings. The van der Waals surface area contributed by atoms with Gasteiger partial charge in [-0.3, -0.25) is 4.79 Å². The lowest BCUT2D eigenvalue weighted by molar-refractivity contribution is 0.0952. The van der Waals surface area contributed by atoms with Crippen LogP contribution in [0.2, 0.25) is 0 Å². The first kappa shape index (κ1) is 23.7. The Morgan fingerprint density at radius 3 is 2.26 bits per heavy atom. The van der Waals surface area contributed by atoms with E-state index in [1.165, 1.54) is 16.4 Å². The highest BCUT2D eigenvalue weighted by molar-refractivity contribution is 7.89. The normalized spacial score (nSPS) is 12.9. The van der Waals surface area contributed by atoms with Gasteiger partial charge in [-0.1, -0.05) is 48.5 Å². The van der Waals surface area contributed by atoms with Crippen LogP contribution in [0, 0.1) is 0 Å². The molecule has 6 nitrogen and oxygen atoms in total. The van der Waals surface area contributed by atoms with E-state index in [0.29, 0.717) is 12.1 Å². The summed E-state index contributed by atoms with van der Waals surface area (Å²) in [5.74, 6) is -0.289. The lowest BCUT2D eigenvalue weighted by Gasteiger charge is -2.21. The van der Waals surface area contributed by atoms with Gasteiger partial charge in [0.15, 0.2) is 0 Å². The van der Waals surface area contributed by atoms with Crippen LogP contribution in [0.15, 0.2) is 90.0 Å². The third kappa shape index (κ3) is 4.76. The van der Waals surface area contributed by atoms with Crippen LogP contribution in [0.1, 0.15) is 41.3 Å². The third-order valence-corrected chi connectivity index (χ3v) is 8.23. The second-order valence-corrected chi connectivity index (χ2v) is 10.6. The molecule has 0 spiro atoms. The van der Waals surface area contributed by atoms with Gasteiger partial charge in [0.1, 0.15) is 0 Å². The molecule has 0 saturated heterocycles. The minimum atomic E-state index is -3.59. The largest absolute Gasteiger partial charge is 0.361 e. The van der Waals surface area contributed by atoms with Crippen molar-refractivity contribution in [3.8, 4) is 0 Å². The van der Waals surface area contributed by atoms with Gasteiger partial charge in [-0.15, -0.1) is 0 Å². The van der Waals surface area contributed by atoms with Crippen molar-refractivity contribution in [2.45, 2.75) is 30.7 Å². The summed E-state index contributed by atoms with van der Waals surface area (Å²) in [7, 11) is -2.04. The van der Waals surface area contributed by atoms with Gasteiger partial charge in [-0.2, -0.15) is 4.31 Å². The van der Waals surface area contributed by atoms with E-state index >= 15 is 0 Å². The van der Waals surface area contributed by atoms with Crippen molar-refractivity contribution >= 4 is 26.8 Å². The number of rotatable bonds is 8. The predicted octanol–water partition coefficient (Wildman–Crippen LogP) is 4.76. The summed E-state index contributed by atoms with van der Waals surface area (Å²) < 4.78 is 26.7. The number of H-pyrrole nitrogens is 1. The quantitative estimate of drug-likeness (QED) is 0.386. The number of amides is 1. The molecule has 1 aromatic heterocycles. The summed E-state index contributed by atoms with van der Waals surface area (Å²) in [6, 6.07) is 24.1. The smallest absolute Gasteiger partial charge is 0.251 e. The molecule has 1 unspecified atom stereocenters. The SMILES string of the molecule is CC(C)N(C)S(=O)(=O)c1ccc(C(=O)NCC(c2ccccc2)c2c[nH]c3ccccc23)cc1. The van der Waals surface area contributed by atoms with Crippen LogP contribution in [-0.2, 0) is 10.0 Å². The number of sulfonamides is 1. The fourth-order valence-corrected chi connectivity index (χ4v) is 5.36. The Morgan fingerprint density at radius 1 is 0.941 bits per heavy atom. The summed E-state index contributed by atoms with van der Waals surface area (Å²) in [4.78, 5) is 16.4. The Morgan fingerprint density at radius 2 is 1.59 bits per heavy atom. The molecule has 0 aliphatic heterocycles. The van der Waals surface area contributed by atoms with Crippen LogP contribution in [0.5, 0.6) is 0 Å². The summed E-state index contributed by atoms with van der Waals surface area (Å²) in [6.07, 6.45) is 2.00. The van der Waals surface area contributed by atoms with Crippen LogP contribution in [0.25, 0.3) is 10.9 Å². The first-order valence-electron chi connectivity index (χ1n) is 11.3. The van der Waals surface area contributed by atoms with Crippen LogP contribution in [0.3, 0.4) is 0 Å². The fourth-order valence-electron chi connectivity index (χ4n) is 3.99. The highest BCUT2D eigenvalue weighted by atomic mass is 32.2. The molecular formula is C27H29N3O3S. The van der Waals surface area contributed by atoms with Crippen molar-refractivity contribution in [3.63, 3.8) is 0 Å². The molecule has 1 amide bonds. The zero-order valence-corrected chi connectivity index (χ0v) is 20.3. The van der Waals surface area contributed by atoms with Crippen molar-refractivity contribution in [2.75, 3.05) is 13.6 Å². The molecule has 3 aromatic carbocycles. The maximum Gasteiger partial charge on any atom is 0.251 e. The number of carbonyl (C=O) groups excluding carboxylic acids is 1. The van der Waals surface area contributed by atoms with Gasteiger partial charge in [0, 0.05) is 48.2 Å². The van der Waals surface area contributed by atoms with Crippen LogP contribution < -0.4 is 5.32 Å². The van der Waals surface area contributed by atoms with Gasteiger partial charge in [0.05, 0.1) is 4.90 Å². The first-order valence-corrected chi connectivity index (χ1v) is 12.7. The summed E-state index contributed by atoms with van der Waals surface area (Å²) in [5.41, 5.74) is 3.68. The Balaban J connectivity index is 1.55. The minimum absolute atomic E-state index is 0.0411. The van der Waals surface area contributed by atoms with E-state index < -0.39 is 10.0 Å². The zero-order chi connectivity index (χ0) is 24.3. The highest BCUT2D eigenvalue weighted by Crippen LogP contribution is 2.30. The molecule has 0 radical (unpaired) electrons. The van der Waals surface area contributed by atoms with Gasteiger partial charge in [-0.25, -0.2) is 8.42 Å². The van der Waals surface area contributed by atoms with E-state index in [9.17, 15) is 13.2 Å². The summed E-state index contributed by atoms with van der Waals surface area (Å²) in [6.45, 7) is 4.03. The molecule has 4 rings (SSSR count). The molecule has 0 fully saturated rings. The van der Waals surface area contributed by atoms with Gasteiger partial charge in [0.25, 0.3) is 5.91 Å². The average molecular weight is 476 g/mol.